The summed E-state index contributed by atoms with van der Waals surface area (Å²) >= 11 is 0. The zero-order valence-electron chi connectivity index (χ0n) is 16.5. The summed E-state index contributed by atoms with van der Waals surface area (Å²) in [4.78, 5) is 10.8. The third kappa shape index (κ3) is 3.80. The van der Waals surface area contributed by atoms with Gasteiger partial charge in [-0.15, -0.1) is 0 Å². The van der Waals surface area contributed by atoms with Gasteiger partial charge in [-0.1, -0.05) is 30.3 Å². The quantitative estimate of drug-likeness (QED) is 0.640. The minimum Gasteiger partial charge on any atom is -0.493 e. The lowest BCUT2D eigenvalue weighted by atomic mass is 10.1. The predicted octanol–water partition coefficient (Wildman–Crippen LogP) is 3.22. The molecule has 0 spiro atoms. The number of methoxy groups -OCH3 is 3. The molecule has 0 fully saturated rings. The minimum absolute atomic E-state index is 0.490. The number of hydrogen-bond acceptors (Lipinski definition) is 7. The molecule has 1 unspecified atom stereocenters. The lowest BCUT2D eigenvalue weighted by molar-refractivity contribution is 0.170. The van der Waals surface area contributed by atoms with Crippen LogP contribution in [0.15, 0.2) is 42.7 Å². The van der Waals surface area contributed by atoms with Gasteiger partial charge in [-0.2, -0.15) is 0 Å². The van der Waals surface area contributed by atoms with Crippen molar-refractivity contribution in [3.63, 3.8) is 0 Å². The minimum atomic E-state index is -0.541. The van der Waals surface area contributed by atoms with E-state index in [9.17, 15) is 5.11 Å². The van der Waals surface area contributed by atoms with Gasteiger partial charge in [0.25, 0.3) is 0 Å². The van der Waals surface area contributed by atoms with Crippen LogP contribution in [0.5, 0.6) is 17.2 Å². The maximum absolute atomic E-state index is 10.4. The van der Waals surface area contributed by atoms with Crippen molar-refractivity contribution in [1.29, 1.82) is 0 Å². The lowest BCUT2D eigenvalue weighted by Gasteiger charge is -2.22. The second-order valence-corrected chi connectivity index (χ2v) is 6.38. The zero-order chi connectivity index (χ0) is 20.1. The Kier molecular flexibility index (Phi) is 6.16. The van der Waals surface area contributed by atoms with E-state index in [0.717, 1.165) is 16.8 Å². The highest BCUT2D eigenvalue weighted by molar-refractivity contribution is 5.96. The molecule has 148 valence electrons. The number of aromatic nitrogens is 2. The van der Waals surface area contributed by atoms with E-state index in [2.05, 4.69) is 9.97 Å². The van der Waals surface area contributed by atoms with Crippen LogP contribution in [0.2, 0.25) is 0 Å². The Labute approximate surface area is 164 Å². The van der Waals surface area contributed by atoms with E-state index in [1.807, 2.05) is 48.3 Å². The normalized spacial score (nSPS) is 11.9. The van der Waals surface area contributed by atoms with Gasteiger partial charge in [-0.3, -0.25) is 0 Å². The number of ether oxygens (including phenoxy) is 3. The molecule has 0 aliphatic rings. The smallest absolute Gasteiger partial charge is 0.205 e. The van der Waals surface area contributed by atoms with Crippen LogP contribution in [0.25, 0.3) is 10.9 Å². The number of anilines is 1. The number of fused-ring (bicyclic) bond motifs is 1. The van der Waals surface area contributed by atoms with Crippen LogP contribution in [0.4, 0.5) is 5.82 Å². The first-order valence-electron chi connectivity index (χ1n) is 8.98. The van der Waals surface area contributed by atoms with Crippen molar-refractivity contribution in [3.05, 3.63) is 48.3 Å². The fourth-order valence-corrected chi connectivity index (χ4v) is 3.22. The van der Waals surface area contributed by atoms with E-state index < -0.39 is 6.10 Å². The summed E-state index contributed by atoms with van der Waals surface area (Å²) in [5.74, 6) is 2.26. The Balaban J connectivity index is 1.92. The molecular weight excluding hydrogens is 358 g/mol. The van der Waals surface area contributed by atoms with Gasteiger partial charge in [0.2, 0.25) is 5.75 Å². The van der Waals surface area contributed by atoms with Crippen molar-refractivity contribution in [2.24, 2.45) is 0 Å². The first-order chi connectivity index (χ1) is 13.6. The van der Waals surface area contributed by atoms with Gasteiger partial charge >= 0.3 is 0 Å². The molecule has 1 N–H and O–H groups in total. The molecular formula is C21H25N3O4. The molecule has 7 nitrogen and oxygen atoms in total. The van der Waals surface area contributed by atoms with E-state index in [0.29, 0.717) is 35.7 Å². The van der Waals surface area contributed by atoms with E-state index in [4.69, 9.17) is 14.2 Å². The molecule has 28 heavy (non-hydrogen) atoms. The van der Waals surface area contributed by atoms with Crippen LogP contribution < -0.4 is 19.1 Å². The van der Waals surface area contributed by atoms with Gasteiger partial charge in [0, 0.05) is 13.6 Å². The molecule has 0 aliphatic carbocycles. The maximum atomic E-state index is 10.4. The predicted molar refractivity (Wildman–Crippen MR) is 108 cm³/mol. The van der Waals surface area contributed by atoms with Gasteiger partial charge in [0.15, 0.2) is 11.5 Å². The highest BCUT2D eigenvalue weighted by Crippen LogP contribution is 2.44. The third-order valence-corrected chi connectivity index (χ3v) is 4.70. The fourth-order valence-electron chi connectivity index (χ4n) is 3.22. The first-order valence-corrected chi connectivity index (χ1v) is 8.98. The first kappa shape index (κ1) is 19.7. The molecule has 0 saturated heterocycles. The number of aliphatic hydroxyl groups excluding tert-OH is 1. The van der Waals surface area contributed by atoms with Crippen molar-refractivity contribution in [3.8, 4) is 17.2 Å². The van der Waals surface area contributed by atoms with Crippen LogP contribution >= 0.6 is 0 Å². The van der Waals surface area contributed by atoms with Crippen molar-refractivity contribution < 1.29 is 19.3 Å². The van der Waals surface area contributed by atoms with Crippen LogP contribution in [-0.2, 0) is 0 Å². The fraction of sp³-hybridized carbons (Fsp3) is 0.333. The molecule has 0 aliphatic heterocycles. The largest absolute Gasteiger partial charge is 0.493 e. The van der Waals surface area contributed by atoms with Gasteiger partial charge in [-0.05, 0) is 18.1 Å². The Hall–Kier alpha value is -3.06. The molecule has 0 radical (unpaired) electrons. The van der Waals surface area contributed by atoms with Gasteiger partial charge in [-0.25, -0.2) is 9.97 Å². The van der Waals surface area contributed by atoms with Gasteiger partial charge in [0.05, 0.1) is 32.8 Å². The molecule has 2 aromatic carbocycles. The number of benzene rings is 2. The number of nitrogens with zero attached hydrogens (tertiary/aromatic N) is 3. The average molecular weight is 383 g/mol. The molecule has 3 rings (SSSR count). The molecule has 0 bridgehead atoms. The summed E-state index contributed by atoms with van der Waals surface area (Å²) in [7, 11) is 6.64. The second-order valence-electron chi connectivity index (χ2n) is 6.38. The summed E-state index contributed by atoms with van der Waals surface area (Å²) in [6.45, 7) is 0.610. The van der Waals surface area contributed by atoms with Crippen LogP contribution in [0.1, 0.15) is 18.1 Å². The Bertz CT molecular complexity index is 934. The van der Waals surface area contributed by atoms with E-state index in [1.165, 1.54) is 6.33 Å². The Morgan fingerprint density at radius 1 is 1.00 bits per heavy atom. The Morgan fingerprint density at radius 3 is 2.36 bits per heavy atom. The highest BCUT2D eigenvalue weighted by Gasteiger charge is 2.21. The Morgan fingerprint density at radius 2 is 1.71 bits per heavy atom. The van der Waals surface area contributed by atoms with E-state index in [-0.39, 0.29) is 0 Å². The van der Waals surface area contributed by atoms with Crippen LogP contribution in [-0.4, -0.2) is 50.0 Å². The zero-order valence-corrected chi connectivity index (χ0v) is 16.5. The summed E-state index contributed by atoms with van der Waals surface area (Å²) in [5, 5.41) is 11.2. The van der Waals surface area contributed by atoms with Crippen molar-refractivity contribution in [2.75, 3.05) is 39.8 Å². The van der Waals surface area contributed by atoms with E-state index in [1.54, 1.807) is 21.3 Å². The molecule has 1 atom stereocenters. The highest BCUT2D eigenvalue weighted by atomic mass is 16.5. The second kappa shape index (κ2) is 8.75. The average Bonchev–Trinajstić information content (AvgIpc) is 2.75. The van der Waals surface area contributed by atoms with Crippen LogP contribution in [0, 0.1) is 0 Å². The molecule has 1 aromatic heterocycles. The summed E-state index contributed by atoms with van der Waals surface area (Å²) in [5.41, 5.74) is 1.54. The molecule has 7 heteroatoms. The standard InChI is InChI=1S/C21H25N3O4/c1-24(11-10-16(25)14-8-6-5-7-9-14)21-15-12-17(26-2)19(27-3)20(28-4)18(15)22-13-23-21/h5-9,12-13,16,25H,10-11H2,1-4H3. The van der Waals surface area contributed by atoms with Crippen LogP contribution in [0.3, 0.4) is 0 Å². The number of rotatable bonds is 8. The maximum Gasteiger partial charge on any atom is 0.205 e. The van der Waals surface area contributed by atoms with Crippen molar-refractivity contribution in [2.45, 2.75) is 12.5 Å². The molecule has 0 saturated carbocycles. The summed E-state index contributed by atoms with van der Waals surface area (Å²) in [6, 6.07) is 11.5. The topological polar surface area (TPSA) is 76.9 Å². The van der Waals surface area contributed by atoms with E-state index >= 15 is 0 Å². The van der Waals surface area contributed by atoms with Crippen molar-refractivity contribution >= 4 is 16.7 Å². The van der Waals surface area contributed by atoms with Crippen molar-refractivity contribution in [1.82, 2.24) is 9.97 Å². The third-order valence-electron chi connectivity index (χ3n) is 4.70. The van der Waals surface area contributed by atoms with Gasteiger partial charge in [0.1, 0.15) is 17.7 Å². The number of aliphatic hydroxyl groups is 1. The number of hydrogen-bond donors (Lipinski definition) is 1. The summed E-state index contributed by atoms with van der Waals surface area (Å²) < 4.78 is 16.4. The molecule has 1 heterocycles. The molecule has 3 aromatic rings. The molecule has 0 amide bonds. The summed E-state index contributed by atoms with van der Waals surface area (Å²) in [6.07, 6.45) is 1.52. The SMILES string of the molecule is COc1cc2c(N(C)CCC(O)c3ccccc3)ncnc2c(OC)c1OC. The lowest BCUT2D eigenvalue weighted by Crippen LogP contribution is -2.22. The monoisotopic (exact) mass is 383 g/mol. The van der Waals surface area contributed by atoms with Gasteiger partial charge < -0.3 is 24.2 Å².